The molecule has 1 aliphatic rings. The lowest BCUT2D eigenvalue weighted by atomic mass is 10.2. The molecule has 0 aliphatic carbocycles. The third-order valence-electron chi connectivity index (χ3n) is 4.09. The summed E-state index contributed by atoms with van der Waals surface area (Å²) < 4.78 is 18.3. The number of likely N-dealkylation sites (N-methyl/N-ethyl adjacent to an activating group) is 1. The molecule has 0 bridgehead atoms. The van der Waals surface area contributed by atoms with Crippen LogP contribution in [0.5, 0.6) is 5.75 Å². The summed E-state index contributed by atoms with van der Waals surface area (Å²) in [5.74, 6) is 0.913. The quantitative estimate of drug-likeness (QED) is 0.277. The van der Waals surface area contributed by atoms with Gasteiger partial charge in [-0.1, -0.05) is 6.92 Å². The summed E-state index contributed by atoms with van der Waals surface area (Å²) in [4.78, 5) is 6.88. The molecule has 1 aliphatic heterocycles. The van der Waals surface area contributed by atoms with Crippen LogP contribution in [-0.2, 0) is 0 Å². The van der Waals surface area contributed by atoms with Crippen LogP contribution in [0.1, 0.15) is 26.2 Å². The SMILES string of the molecule is CCN1CCCC1CN=C(N)NCCCOc1ccc(F)cc1.I. The van der Waals surface area contributed by atoms with Crippen LogP contribution in [-0.4, -0.2) is 49.7 Å². The molecule has 0 aromatic heterocycles. The molecule has 7 heteroatoms. The number of likely N-dealkylation sites (tertiary alicyclic amines) is 1. The molecule has 5 nitrogen and oxygen atoms in total. The average Bonchev–Trinajstić information content (AvgIpc) is 3.02. The molecule has 1 fully saturated rings. The third-order valence-corrected chi connectivity index (χ3v) is 4.09. The zero-order valence-electron chi connectivity index (χ0n) is 14.2. The summed E-state index contributed by atoms with van der Waals surface area (Å²) in [6.07, 6.45) is 3.26. The molecule has 1 aromatic rings. The molecule has 136 valence electrons. The predicted molar refractivity (Wildman–Crippen MR) is 107 cm³/mol. The maximum atomic E-state index is 12.8. The van der Waals surface area contributed by atoms with Crippen LogP contribution in [0.2, 0.25) is 0 Å². The topological polar surface area (TPSA) is 62.9 Å². The number of hydrogen-bond donors (Lipinski definition) is 2. The summed E-state index contributed by atoms with van der Waals surface area (Å²) in [7, 11) is 0. The van der Waals surface area contributed by atoms with Gasteiger partial charge in [0.15, 0.2) is 5.96 Å². The largest absolute Gasteiger partial charge is 0.494 e. The molecular formula is C17H28FIN4O. The van der Waals surface area contributed by atoms with Gasteiger partial charge in [-0.25, -0.2) is 4.39 Å². The molecule has 1 unspecified atom stereocenters. The maximum Gasteiger partial charge on any atom is 0.188 e. The van der Waals surface area contributed by atoms with Crippen molar-refractivity contribution in [3.63, 3.8) is 0 Å². The molecule has 1 heterocycles. The van der Waals surface area contributed by atoms with E-state index >= 15 is 0 Å². The fourth-order valence-corrected chi connectivity index (χ4v) is 2.79. The summed E-state index contributed by atoms with van der Waals surface area (Å²) in [6.45, 7) is 6.46. The zero-order valence-corrected chi connectivity index (χ0v) is 16.5. The number of hydrogen-bond acceptors (Lipinski definition) is 3. The van der Waals surface area contributed by atoms with E-state index in [1.165, 1.54) is 31.5 Å². The molecule has 1 atom stereocenters. The fourth-order valence-electron chi connectivity index (χ4n) is 2.79. The minimum atomic E-state index is -0.257. The lowest BCUT2D eigenvalue weighted by Gasteiger charge is -2.20. The molecule has 1 saturated heterocycles. The number of rotatable bonds is 8. The minimum Gasteiger partial charge on any atom is -0.494 e. The highest BCUT2D eigenvalue weighted by molar-refractivity contribution is 14.0. The summed E-state index contributed by atoms with van der Waals surface area (Å²) in [5, 5.41) is 3.10. The summed E-state index contributed by atoms with van der Waals surface area (Å²) in [5.41, 5.74) is 5.89. The highest BCUT2D eigenvalue weighted by Crippen LogP contribution is 2.16. The van der Waals surface area contributed by atoms with Crippen LogP contribution in [0, 0.1) is 5.82 Å². The van der Waals surface area contributed by atoms with E-state index in [1.54, 1.807) is 12.1 Å². The van der Waals surface area contributed by atoms with E-state index in [9.17, 15) is 4.39 Å². The molecule has 0 radical (unpaired) electrons. The van der Waals surface area contributed by atoms with Crippen molar-refractivity contribution in [2.75, 3.05) is 32.8 Å². The number of halogens is 2. The zero-order chi connectivity index (χ0) is 16.5. The van der Waals surface area contributed by atoms with E-state index in [4.69, 9.17) is 10.5 Å². The van der Waals surface area contributed by atoms with Gasteiger partial charge < -0.3 is 15.8 Å². The fraction of sp³-hybridized carbons (Fsp3) is 0.588. The van der Waals surface area contributed by atoms with E-state index in [0.717, 1.165) is 19.5 Å². The molecule has 0 saturated carbocycles. The van der Waals surface area contributed by atoms with Crippen LogP contribution in [0.3, 0.4) is 0 Å². The highest BCUT2D eigenvalue weighted by Gasteiger charge is 2.22. The van der Waals surface area contributed by atoms with Crippen molar-refractivity contribution in [3.8, 4) is 5.75 Å². The number of nitrogens with one attached hydrogen (secondary N) is 1. The second-order valence-electron chi connectivity index (χ2n) is 5.73. The van der Waals surface area contributed by atoms with Gasteiger partial charge in [-0.2, -0.15) is 0 Å². The van der Waals surface area contributed by atoms with Gasteiger partial charge in [0.25, 0.3) is 0 Å². The van der Waals surface area contributed by atoms with Crippen molar-refractivity contribution in [2.24, 2.45) is 10.7 Å². The normalized spacial score (nSPS) is 18.2. The first-order chi connectivity index (χ1) is 11.2. The monoisotopic (exact) mass is 450 g/mol. The molecule has 24 heavy (non-hydrogen) atoms. The minimum absolute atomic E-state index is 0. The molecule has 3 N–H and O–H groups in total. The summed E-state index contributed by atoms with van der Waals surface area (Å²) >= 11 is 0. The van der Waals surface area contributed by atoms with Crippen molar-refractivity contribution in [1.29, 1.82) is 0 Å². The van der Waals surface area contributed by atoms with Crippen molar-refractivity contribution >= 4 is 29.9 Å². The second-order valence-corrected chi connectivity index (χ2v) is 5.73. The molecule has 2 rings (SSSR count). The molecule has 0 spiro atoms. The third kappa shape index (κ3) is 7.21. The van der Waals surface area contributed by atoms with Gasteiger partial charge in [0.2, 0.25) is 0 Å². The van der Waals surface area contributed by atoms with Gasteiger partial charge in [-0.15, -0.1) is 24.0 Å². The molecule has 1 aromatic carbocycles. The Kier molecular flexibility index (Phi) is 10.0. The smallest absolute Gasteiger partial charge is 0.188 e. The Labute approximate surface area is 160 Å². The van der Waals surface area contributed by atoms with Crippen LogP contribution >= 0.6 is 24.0 Å². The Morgan fingerprint density at radius 2 is 2.17 bits per heavy atom. The van der Waals surface area contributed by atoms with Gasteiger partial charge in [0, 0.05) is 12.6 Å². The first kappa shape index (κ1) is 21.0. The highest BCUT2D eigenvalue weighted by atomic mass is 127. The van der Waals surface area contributed by atoms with Crippen LogP contribution in [0.4, 0.5) is 4.39 Å². The van der Waals surface area contributed by atoms with E-state index in [-0.39, 0.29) is 29.8 Å². The van der Waals surface area contributed by atoms with E-state index in [0.29, 0.717) is 30.9 Å². The Morgan fingerprint density at radius 3 is 2.88 bits per heavy atom. The molecular weight excluding hydrogens is 422 g/mol. The Bertz CT molecular complexity index is 498. The first-order valence-electron chi connectivity index (χ1n) is 8.35. The van der Waals surface area contributed by atoms with E-state index < -0.39 is 0 Å². The van der Waals surface area contributed by atoms with Gasteiger partial charge in [0.1, 0.15) is 11.6 Å². The maximum absolute atomic E-state index is 12.8. The number of nitrogens with zero attached hydrogens (tertiary/aromatic N) is 2. The lowest BCUT2D eigenvalue weighted by Crippen LogP contribution is -2.36. The Balaban J connectivity index is 0.00000288. The standard InChI is InChI=1S/C17H27FN4O.HI/c1-2-22-11-3-5-15(22)13-21-17(19)20-10-4-12-23-16-8-6-14(18)7-9-16;/h6-9,15H,2-5,10-13H2,1H3,(H3,19,20,21);1H. The van der Waals surface area contributed by atoms with Gasteiger partial charge >= 0.3 is 0 Å². The van der Waals surface area contributed by atoms with Crippen molar-refractivity contribution in [3.05, 3.63) is 30.1 Å². The van der Waals surface area contributed by atoms with Gasteiger partial charge in [-0.05, 0) is 56.6 Å². The second kappa shape index (κ2) is 11.5. The van der Waals surface area contributed by atoms with Crippen LogP contribution in [0.15, 0.2) is 29.3 Å². The predicted octanol–water partition coefficient (Wildman–Crippen LogP) is 2.60. The van der Waals surface area contributed by atoms with Crippen LogP contribution in [0.25, 0.3) is 0 Å². The lowest BCUT2D eigenvalue weighted by molar-refractivity contribution is 0.273. The number of benzene rings is 1. The van der Waals surface area contributed by atoms with E-state index in [2.05, 4.69) is 22.1 Å². The van der Waals surface area contributed by atoms with Crippen molar-refractivity contribution < 1.29 is 9.13 Å². The number of nitrogens with two attached hydrogens (primary N) is 1. The average molecular weight is 450 g/mol. The number of ether oxygens (including phenoxy) is 1. The summed E-state index contributed by atoms with van der Waals surface area (Å²) in [6, 6.07) is 6.56. The molecule has 0 amide bonds. The first-order valence-corrected chi connectivity index (χ1v) is 8.35. The van der Waals surface area contributed by atoms with Crippen molar-refractivity contribution in [1.82, 2.24) is 10.2 Å². The van der Waals surface area contributed by atoms with Gasteiger partial charge in [0.05, 0.1) is 13.2 Å². The van der Waals surface area contributed by atoms with Gasteiger partial charge in [-0.3, -0.25) is 9.89 Å². The van der Waals surface area contributed by atoms with E-state index in [1.807, 2.05) is 0 Å². The Morgan fingerprint density at radius 1 is 1.42 bits per heavy atom. The number of aliphatic imine (C=N–C) groups is 1. The number of guanidine groups is 1. The van der Waals surface area contributed by atoms with Crippen LogP contribution < -0.4 is 15.8 Å². The Hall–Kier alpha value is -1.09. The van der Waals surface area contributed by atoms with Crippen molar-refractivity contribution in [2.45, 2.75) is 32.2 Å².